The molecule has 1 unspecified atom stereocenters. The van der Waals surface area contributed by atoms with Gasteiger partial charge < -0.3 is 10.6 Å². The first-order valence-electron chi connectivity index (χ1n) is 8.93. The van der Waals surface area contributed by atoms with E-state index in [1.807, 2.05) is 24.3 Å². The first kappa shape index (κ1) is 20.3. The summed E-state index contributed by atoms with van der Waals surface area (Å²) in [6.07, 6.45) is 1.00. The van der Waals surface area contributed by atoms with Gasteiger partial charge in [-0.25, -0.2) is 4.39 Å². The Kier molecular flexibility index (Phi) is 7.00. The molecule has 3 rings (SSSR count). The van der Waals surface area contributed by atoms with Crippen LogP contribution in [0.2, 0.25) is 0 Å². The minimum absolute atomic E-state index is 0.0976. The molecule has 8 heteroatoms. The number of hydrogen-bond acceptors (Lipinski definition) is 6. The smallest absolute Gasteiger partial charge is 0.234 e. The zero-order chi connectivity index (χ0) is 19.9. The Hall–Kier alpha value is -2.45. The molecule has 0 spiro atoms. The Balaban J connectivity index is 1.56. The topological polar surface area (TPSA) is 66.9 Å². The van der Waals surface area contributed by atoms with Crippen LogP contribution in [0.1, 0.15) is 31.7 Å². The van der Waals surface area contributed by atoms with E-state index in [2.05, 4.69) is 34.7 Å². The molecule has 3 aromatic rings. The van der Waals surface area contributed by atoms with Gasteiger partial charge in [-0.1, -0.05) is 67.3 Å². The number of amides is 1. The number of para-hydroxylation sites is 2. The summed E-state index contributed by atoms with van der Waals surface area (Å²) in [6, 6.07) is 14.2. The Bertz CT molecular complexity index is 947. The summed E-state index contributed by atoms with van der Waals surface area (Å²) < 4.78 is 14.3. The third-order valence-electron chi connectivity index (χ3n) is 4.23. The van der Waals surface area contributed by atoms with Crippen LogP contribution >= 0.6 is 23.1 Å². The van der Waals surface area contributed by atoms with E-state index in [1.165, 1.54) is 29.2 Å². The van der Waals surface area contributed by atoms with E-state index in [1.54, 1.807) is 18.2 Å². The van der Waals surface area contributed by atoms with Gasteiger partial charge in [0.25, 0.3) is 0 Å². The highest BCUT2D eigenvalue weighted by molar-refractivity contribution is 8.01. The Labute approximate surface area is 171 Å². The average Bonchev–Trinajstić information content (AvgIpc) is 3.15. The van der Waals surface area contributed by atoms with Gasteiger partial charge in [0, 0.05) is 5.69 Å². The number of carbonyl (C=O) groups is 1. The largest absolute Gasteiger partial charge is 0.328 e. The van der Waals surface area contributed by atoms with E-state index in [9.17, 15) is 9.18 Å². The predicted molar refractivity (Wildman–Crippen MR) is 114 cm³/mol. The van der Waals surface area contributed by atoms with Crippen molar-refractivity contribution in [2.45, 2.75) is 30.5 Å². The summed E-state index contributed by atoms with van der Waals surface area (Å²) in [5.41, 5.74) is 2.33. The van der Waals surface area contributed by atoms with E-state index in [0.29, 0.717) is 21.1 Å². The molecule has 0 fully saturated rings. The van der Waals surface area contributed by atoms with Crippen LogP contribution in [0.3, 0.4) is 0 Å². The van der Waals surface area contributed by atoms with Gasteiger partial charge in [0.15, 0.2) is 4.34 Å². The normalized spacial score (nSPS) is 11.8. The molecule has 1 heterocycles. The molecule has 5 nitrogen and oxygen atoms in total. The molecule has 2 N–H and O–H groups in total. The minimum atomic E-state index is -0.355. The Morgan fingerprint density at radius 3 is 2.61 bits per heavy atom. The zero-order valence-corrected chi connectivity index (χ0v) is 17.2. The highest BCUT2D eigenvalue weighted by atomic mass is 32.2. The van der Waals surface area contributed by atoms with E-state index < -0.39 is 0 Å². The number of halogens is 1. The maximum absolute atomic E-state index is 13.7. The standard InChI is InChI=1S/C20H21FN4OS2/c1-3-13(2)14-8-4-6-10-16(14)22-18(26)12-27-20-25-24-19(28-20)23-17-11-7-5-9-15(17)21/h4-11,13H,3,12H2,1-2H3,(H,22,26)(H,23,24). The number of nitrogens with one attached hydrogen (secondary N) is 2. The predicted octanol–water partition coefficient (Wildman–Crippen LogP) is 5.67. The lowest BCUT2D eigenvalue weighted by Crippen LogP contribution is -2.15. The molecule has 1 atom stereocenters. The van der Waals surface area contributed by atoms with Crippen molar-refractivity contribution in [3.05, 3.63) is 59.9 Å². The molecule has 1 aromatic heterocycles. The van der Waals surface area contributed by atoms with Crippen molar-refractivity contribution in [2.24, 2.45) is 0 Å². The lowest BCUT2D eigenvalue weighted by atomic mass is 9.97. The van der Waals surface area contributed by atoms with Crippen LogP contribution in [0.25, 0.3) is 0 Å². The summed E-state index contributed by atoms with van der Waals surface area (Å²) in [5, 5.41) is 14.4. The average molecular weight is 417 g/mol. The fourth-order valence-corrected chi connectivity index (χ4v) is 4.13. The molecule has 1 amide bonds. The molecule has 0 aliphatic rings. The summed E-state index contributed by atoms with van der Waals surface area (Å²) in [7, 11) is 0. The number of hydrogen-bond donors (Lipinski definition) is 2. The molecule has 0 bridgehead atoms. The van der Waals surface area contributed by atoms with E-state index in [0.717, 1.165) is 17.7 Å². The fraction of sp³-hybridized carbons (Fsp3) is 0.250. The highest BCUT2D eigenvalue weighted by Crippen LogP contribution is 2.29. The molecular weight excluding hydrogens is 395 g/mol. The molecule has 0 aliphatic carbocycles. The number of benzene rings is 2. The van der Waals surface area contributed by atoms with Gasteiger partial charge in [-0.05, 0) is 36.1 Å². The van der Waals surface area contributed by atoms with Gasteiger partial charge in [0.2, 0.25) is 11.0 Å². The molecule has 146 valence electrons. The first-order valence-corrected chi connectivity index (χ1v) is 10.7. The summed E-state index contributed by atoms with van der Waals surface area (Å²) in [6.45, 7) is 4.27. The van der Waals surface area contributed by atoms with Gasteiger partial charge in [0.1, 0.15) is 5.82 Å². The van der Waals surface area contributed by atoms with Crippen molar-refractivity contribution >= 4 is 45.5 Å². The SMILES string of the molecule is CCC(C)c1ccccc1NC(=O)CSc1nnc(Nc2ccccc2F)s1. The van der Waals surface area contributed by atoms with Crippen LogP contribution in [0.4, 0.5) is 20.9 Å². The number of carbonyl (C=O) groups excluding carboxylic acids is 1. The monoisotopic (exact) mass is 416 g/mol. The zero-order valence-electron chi connectivity index (χ0n) is 15.6. The van der Waals surface area contributed by atoms with Crippen LogP contribution in [0.5, 0.6) is 0 Å². The molecule has 0 saturated heterocycles. The second kappa shape index (κ2) is 9.66. The number of anilines is 3. The molecular formula is C20H21FN4OS2. The van der Waals surface area contributed by atoms with Crippen molar-refractivity contribution < 1.29 is 9.18 Å². The second-order valence-electron chi connectivity index (χ2n) is 6.21. The van der Waals surface area contributed by atoms with Crippen molar-refractivity contribution in [3.63, 3.8) is 0 Å². The minimum Gasteiger partial charge on any atom is -0.328 e. The van der Waals surface area contributed by atoms with Gasteiger partial charge in [-0.2, -0.15) is 0 Å². The third-order valence-corrected chi connectivity index (χ3v) is 6.20. The molecule has 28 heavy (non-hydrogen) atoms. The summed E-state index contributed by atoms with van der Waals surface area (Å²) >= 11 is 2.58. The Morgan fingerprint density at radius 2 is 1.86 bits per heavy atom. The van der Waals surface area contributed by atoms with Crippen LogP contribution in [0, 0.1) is 5.82 Å². The second-order valence-corrected chi connectivity index (χ2v) is 8.41. The van der Waals surface area contributed by atoms with E-state index in [4.69, 9.17) is 0 Å². The maximum Gasteiger partial charge on any atom is 0.234 e. The van der Waals surface area contributed by atoms with E-state index >= 15 is 0 Å². The Morgan fingerprint density at radius 1 is 1.14 bits per heavy atom. The van der Waals surface area contributed by atoms with Crippen molar-refractivity contribution in [3.8, 4) is 0 Å². The number of rotatable bonds is 8. The lowest BCUT2D eigenvalue weighted by Gasteiger charge is -2.15. The molecule has 0 aliphatic heterocycles. The molecule has 2 aromatic carbocycles. The number of aromatic nitrogens is 2. The third kappa shape index (κ3) is 5.30. The number of nitrogens with zero attached hydrogens (tertiary/aromatic N) is 2. The molecule has 0 saturated carbocycles. The van der Waals surface area contributed by atoms with Crippen molar-refractivity contribution in [1.82, 2.24) is 10.2 Å². The van der Waals surface area contributed by atoms with Crippen molar-refractivity contribution in [1.29, 1.82) is 0 Å². The first-order chi connectivity index (χ1) is 13.6. The maximum atomic E-state index is 13.7. The van der Waals surface area contributed by atoms with Crippen LogP contribution in [-0.4, -0.2) is 21.9 Å². The quantitative estimate of drug-likeness (QED) is 0.464. The van der Waals surface area contributed by atoms with Gasteiger partial charge in [0.05, 0.1) is 11.4 Å². The van der Waals surface area contributed by atoms with Crippen LogP contribution < -0.4 is 10.6 Å². The van der Waals surface area contributed by atoms with Gasteiger partial charge in [-0.3, -0.25) is 4.79 Å². The van der Waals surface area contributed by atoms with Gasteiger partial charge in [-0.15, -0.1) is 10.2 Å². The number of thioether (sulfide) groups is 1. The van der Waals surface area contributed by atoms with Crippen LogP contribution in [0.15, 0.2) is 52.9 Å². The van der Waals surface area contributed by atoms with E-state index in [-0.39, 0.29) is 17.5 Å². The highest BCUT2D eigenvalue weighted by Gasteiger charge is 2.13. The summed E-state index contributed by atoms with van der Waals surface area (Å²) in [5.74, 6) is 0.147. The summed E-state index contributed by atoms with van der Waals surface area (Å²) in [4.78, 5) is 12.4. The molecule has 0 radical (unpaired) electrons. The van der Waals surface area contributed by atoms with Crippen molar-refractivity contribution in [2.75, 3.05) is 16.4 Å². The van der Waals surface area contributed by atoms with Gasteiger partial charge >= 0.3 is 0 Å². The van der Waals surface area contributed by atoms with Crippen LogP contribution in [-0.2, 0) is 4.79 Å². The fourth-order valence-electron chi connectivity index (χ4n) is 2.57. The lowest BCUT2D eigenvalue weighted by molar-refractivity contribution is -0.113.